The lowest BCUT2D eigenvalue weighted by atomic mass is 9.97. The van der Waals surface area contributed by atoms with Crippen molar-refractivity contribution in [2.45, 2.75) is 44.4 Å². The summed E-state index contributed by atoms with van der Waals surface area (Å²) in [5.74, 6) is -0.493. The van der Waals surface area contributed by atoms with Gasteiger partial charge in [-0.05, 0) is 71.8 Å². The van der Waals surface area contributed by atoms with Crippen molar-refractivity contribution in [3.05, 3.63) is 70.2 Å². The van der Waals surface area contributed by atoms with Crippen LogP contribution in [-0.2, 0) is 27.7 Å². The standard InChI is InChI=1S/C26H29BrN2O3S/c1-3-18-14-23(27)15-19(4-2)25(18)28-26(30)22-10-7-13-29(17-22)33(31,32)24-12-11-20-8-5-6-9-21(20)16-24/h5-6,8-9,11-12,14-16,22H,3-4,7,10,13,17H2,1-2H3,(H,28,30)/t22-/m0/s1. The normalized spacial score (nSPS) is 17.2. The smallest absolute Gasteiger partial charge is 0.243 e. The van der Waals surface area contributed by atoms with Crippen molar-refractivity contribution in [3.63, 3.8) is 0 Å². The summed E-state index contributed by atoms with van der Waals surface area (Å²) in [4.78, 5) is 13.5. The van der Waals surface area contributed by atoms with Gasteiger partial charge in [-0.15, -0.1) is 0 Å². The Kier molecular flexibility index (Phi) is 7.22. The molecule has 7 heteroatoms. The quantitative estimate of drug-likeness (QED) is 0.441. The number of aryl methyl sites for hydroxylation is 2. The van der Waals surface area contributed by atoms with Crippen LogP contribution in [0.4, 0.5) is 5.69 Å². The summed E-state index contributed by atoms with van der Waals surface area (Å²) in [6, 6.07) is 17.0. The number of carbonyl (C=O) groups excluding carboxylic acids is 1. The van der Waals surface area contributed by atoms with Gasteiger partial charge in [-0.1, -0.05) is 60.1 Å². The van der Waals surface area contributed by atoms with E-state index >= 15 is 0 Å². The van der Waals surface area contributed by atoms with Crippen LogP contribution in [0.2, 0.25) is 0 Å². The first-order valence-corrected chi connectivity index (χ1v) is 13.7. The van der Waals surface area contributed by atoms with Gasteiger partial charge in [0.1, 0.15) is 0 Å². The van der Waals surface area contributed by atoms with Gasteiger partial charge in [-0.2, -0.15) is 4.31 Å². The SMILES string of the molecule is CCc1cc(Br)cc(CC)c1NC(=O)[C@H]1CCCN(S(=O)(=O)c2ccc3ccccc3c2)C1. The Morgan fingerprint density at radius 2 is 1.70 bits per heavy atom. The maximum Gasteiger partial charge on any atom is 0.243 e. The van der Waals surface area contributed by atoms with E-state index in [1.165, 1.54) is 4.31 Å². The number of nitrogens with one attached hydrogen (secondary N) is 1. The van der Waals surface area contributed by atoms with Gasteiger partial charge in [0.05, 0.1) is 10.8 Å². The highest BCUT2D eigenvalue weighted by molar-refractivity contribution is 9.10. The zero-order valence-electron chi connectivity index (χ0n) is 19.0. The van der Waals surface area contributed by atoms with E-state index in [0.717, 1.165) is 44.9 Å². The number of hydrogen-bond acceptors (Lipinski definition) is 3. The molecular formula is C26H29BrN2O3S. The third kappa shape index (κ3) is 5.00. The van der Waals surface area contributed by atoms with E-state index in [9.17, 15) is 13.2 Å². The topological polar surface area (TPSA) is 66.5 Å². The summed E-state index contributed by atoms with van der Waals surface area (Å²) in [6.07, 6.45) is 2.94. The molecule has 174 valence electrons. The maximum atomic E-state index is 13.4. The number of piperidine rings is 1. The Labute approximate surface area is 204 Å². The number of nitrogens with zero attached hydrogens (tertiary/aromatic N) is 1. The number of hydrogen-bond donors (Lipinski definition) is 1. The molecule has 1 N–H and O–H groups in total. The molecule has 0 spiro atoms. The number of halogens is 1. The second-order valence-electron chi connectivity index (χ2n) is 8.51. The Hall–Kier alpha value is -2.22. The highest BCUT2D eigenvalue weighted by atomic mass is 79.9. The van der Waals surface area contributed by atoms with Crippen LogP contribution in [0, 0.1) is 5.92 Å². The second kappa shape index (κ2) is 9.95. The fraction of sp³-hybridized carbons (Fsp3) is 0.346. The third-order valence-corrected chi connectivity index (χ3v) is 8.71. The number of rotatable bonds is 6. The molecule has 0 aromatic heterocycles. The van der Waals surface area contributed by atoms with E-state index in [-0.39, 0.29) is 23.3 Å². The third-order valence-electron chi connectivity index (χ3n) is 6.39. The highest BCUT2D eigenvalue weighted by Crippen LogP contribution is 2.30. The number of carbonyl (C=O) groups is 1. The molecule has 1 heterocycles. The molecule has 5 nitrogen and oxygen atoms in total. The van der Waals surface area contributed by atoms with E-state index in [0.29, 0.717) is 19.4 Å². The van der Waals surface area contributed by atoms with E-state index in [1.54, 1.807) is 12.1 Å². The van der Waals surface area contributed by atoms with E-state index in [4.69, 9.17) is 0 Å². The van der Waals surface area contributed by atoms with Crippen LogP contribution in [0.5, 0.6) is 0 Å². The average Bonchev–Trinajstić information content (AvgIpc) is 2.84. The molecule has 0 unspecified atom stereocenters. The van der Waals surface area contributed by atoms with Crippen LogP contribution in [0.3, 0.4) is 0 Å². The molecule has 0 aliphatic carbocycles. The number of anilines is 1. The predicted molar refractivity (Wildman–Crippen MR) is 137 cm³/mol. The number of benzene rings is 3. The summed E-state index contributed by atoms with van der Waals surface area (Å²) in [6.45, 7) is 4.75. The number of amides is 1. The van der Waals surface area contributed by atoms with Crippen molar-refractivity contribution in [2.75, 3.05) is 18.4 Å². The molecule has 33 heavy (non-hydrogen) atoms. The second-order valence-corrected chi connectivity index (χ2v) is 11.4. The summed E-state index contributed by atoms with van der Waals surface area (Å²) in [5.41, 5.74) is 3.01. The van der Waals surface area contributed by atoms with Gasteiger partial charge < -0.3 is 5.32 Å². The zero-order valence-corrected chi connectivity index (χ0v) is 21.4. The molecule has 3 aromatic carbocycles. The molecule has 3 aromatic rings. The van der Waals surface area contributed by atoms with Crippen LogP contribution >= 0.6 is 15.9 Å². The van der Waals surface area contributed by atoms with Crippen LogP contribution in [0.15, 0.2) is 64.0 Å². The van der Waals surface area contributed by atoms with Gasteiger partial charge in [-0.3, -0.25) is 4.79 Å². The number of sulfonamides is 1. The van der Waals surface area contributed by atoms with E-state index in [2.05, 4.69) is 35.1 Å². The largest absolute Gasteiger partial charge is 0.325 e. The molecule has 1 aliphatic rings. The first-order chi connectivity index (χ1) is 15.8. The molecule has 1 amide bonds. The summed E-state index contributed by atoms with van der Waals surface area (Å²) in [5, 5.41) is 5.02. The maximum absolute atomic E-state index is 13.4. The van der Waals surface area contributed by atoms with Crippen LogP contribution < -0.4 is 5.32 Å². The van der Waals surface area contributed by atoms with Gasteiger partial charge in [0, 0.05) is 23.2 Å². The lowest BCUT2D eigenvalue weighted by Crippen LogP contribution is -2.43. The van der Waals surface area contributed by atoms with Crippen molar-refractivity contribution in [1.29, 1.82) is 0 Å². The highest BCUT2D eigenvalue weighted by Gasteiger charge is 2.33. The van der Waals surface area contributed by atoms with Gasteiger partial charge in [0.2, 0.25) is 15.9 Å². The monoisotopic (exact) mass is 528 g/mol. The van der Waals surface area contributed by atoms with Gasteiger partial charge in [0.25, 0.3) is 0 Å². The zero-order chi connectivity index (χ0) is 23.6. The van der Waals surface area contributed by atoms with E-state index < -0.39 is 10.0 Å². The lowest BCUT2D eigenvalue weighted by Gasteiger charge is -2.31. The van der Waals surface area contributed by atoms with Crippen molar-refractivity contribution in [2.24, 2.45) is 5.92 Å². The minimum absolute atomic E-state index is 0.111. The number of fused-ring (bicyclic) bond motifs is 1. The van der Waals surface area contributed by atoms with Crippen LogP contribution in [0.1, 0.15) is 37.8 Å². The molecule has 1 aliphatic heterocycles. The van der Waals surface area contributed by atoms with Crippen LogP contribution in [-0.4, -0.2) is 31.7 Å². The Bertz CT molecular complexity index is 1260. The molecular weight excluding hydrogens is 500 g/mol. The van der Waals surface area contributed by atoms with Crippen molar-refractivity contribution in [1.82, 2.24) is 4.31 Å². The summed E-state index contributed by atoms with van der Waals surface area (Å²) in [7, 11) is -3.68. The van der Waals surface area contributed by atoms with Gasteiger partial charge >= 0.3 is 0 Å². The van der Waals surface area contributed by atoms with Crippen molar-refractivity contribution >= 4 is 48.3 Å². The average molecular weight is 530 g/mol. The molecule has 0 saturated carbocycles. The Morgan fingerprint density at radius 1 is 1.03 bits per heavy atom. The van der Waals surface area contributed by atoms with E-state index in [1.807, 2.05) is 42.5 Å². The first-order valence-electron chi connectivity index (χ1n) is 11.4. The summed E-state index contributed by atoms with van der Waals surface area (Å²) >= 11 is 3.55. The molecule has 0 radical (unpaired) electrons. The molecule has 1 atom stereocenters. The fourth-order valence-electron chi connectivity index (χ4n) is 4.52. The van der Waals surface area contributed by atoms with Crippen molar-refractivity contribution < 1.29 is 13.2 Å². The van der Waals surface area contributed by atoms with Gasteiger partial charge in [-0.25, -0.2) is 8.42 Å². The fourth-order valence-corrected chi connectivity index (χ4v) is 6.63. The minimum Gasteiger partial charge on any atom is -0.325 e. The molecule has 0 bridgehead atoms. The predicted octanol–water partition coefficient (Wildman–Crippen LogP) is 5.77. The molecule has 1 saturated heterocycles. The Morgan fingerprint density at radius 3 is 2.36 bits per heavy atom. The van der Waals surface area contributed by atoms with Gasteiger partial charge in [0.15, 0.2) is 0 Å². The van der Waals surface area contributed by atoms with Crippen LogP contribution in [0.25, 0.3) is 10.8 Å². The molecule has 4 rings (SSSR count). The molecule has 1 fully saturated rings. The van der Waals surface area contributed by atoms with Crippen molar-refractivity contribution in [3.8, 4) is 0 Å². The lowest BCUT2D eigenvalue weighted by molar-refractivity contribution is -0.120. The minimum atomic E-state index is -3.68. The first kappa shape index (κ1) is 23.9. The summed E-state index contributed by atoms with van der Waals surface area (Å²) < 4.78 is 29.2. The Balaban J connectivity index is 1.55.